The fourth-order valence-corrected chi connectivity index (χ4v) is 2.83. The molecule has 2 aliphatic heterocycles. The number of likely N-dealkylation sites (N-methyl/N-ethyl adjacent to an activating group) is 1. The minimum absolute atomic E-state index is 0.120. The van der Waals surface area contributed by atoms with Crippen molar-refractivity contribution in [1.82, 2.24) is 14.7 Å². The lowest BCUT2D eigenvalue weighted by molar-refractivity contribution is -0.137. The number of carbonyl (C=O) groups is 2. The highest BCUT2D eigenvalue weighted by Crippen LogP contribution is 2.23. The van der Waals surface area contributed by atoms with Crippen molar-refractivity contribution in [2.75, 3.05) is 39.8 Å². The van der Waals surface area contributed by atoms with E-state index in [-0.39, 0.29) is 23.8 Å². The number of likely N-dealkylation sites (tertiary alicyclic amines) is 1. The highest BCUT2D eigenvalue weighted by molar-refractivity contribution is 5.89. The summed E-state index contributed by atoms with van der Waals surface area (Å²) < 4.78 is 0. The molecule has 0 aromatic heterocycles. The molecule has 2 rings (SSSR count). The van der Waals surface area contributed by atoms with Crippen LogP contribution in [0.25, 0.3) is 0 Å². The third-order valence-corrected chi connectivity index (χ3v) is 4.45. The van der Waals surface area contributed by atoms with E-state index in [2.05, 4.69) is 25.8 Å². The molecule has 0 radical (unpaired) electrons. The van der Waals surface area contributed by atoms with E-state index >= 15 is 0 Å². The molecule has 0 spiro atoms. The van der Waals surface area contributed by atoms with Gasteiger partial charge in [-0.25, -0.2) is 0 Å². The number of piperazine rings is 1. The summed E-state index contributed by atoms with van der Waals surface area (Å²) in [5.41, 5.74) is 0. The Balaban J connectivity index is 1.92. The van der Waals surface area contributed by atoms with Gasteiger partial charge in [0.2, 0.25) is 11.8 Å². The Hall–Kier alpha value is -1.10. The fourth-order valence-electron chi connectivity index (χ4n) is 2.83. The lowest BCUT2D eigenvalue weighted by Crippen LogP contribution is -2.49. The van der Waals surface area contributed by atoms with Crippen LogP contribution in [0.1, 0.15) is 26.7 Å². The van der Waals surface area contributed by atoms with Gasteiger partial charge in [-0.3, -0.25) is 9.59 Å². The van der Waals surface area contributed by atoms with Gasteiger partial charge in [0.1, 0.15) is 0 Å². The predicted octanol–water partition coefficient (Wildman–Crippen LogP) is 0.407. The van der Waals surface area contributed by atoms with E-state index < -0.39 is 0 Å². The topological polar surface area (TPSA) is 43.9 Å². The molecule has 2 heterocycles. The molecule has 0 bridgehead atoms. The molecule has 2 saturated heterocycles. The third-order valence-electron chi connectivity index (χ3n) is 4.45. The summed E-state index contributed by atoms with van der Waals surface area (Å²) in [5.74, 6) is 0.194. The smallest absolute Gasteiger partial charge is 0.228 e. The van der Waals surface area contributed by atoms with Crippen LogP contribution < -0.4 is 0 Å². The average molecular weight is 267 g/mol. The molecule has 0 aliphatic carbocycles. The van der Waals surface area contributed by atoms with Crippen molar-refractivity contribution < 1.29 is 9.59 Å². The number of nitrogens with zero attached hydrogens (tertiary/aromatic N) is 3. The van der Waals surface area contributed by atoms with Crippen LogP contribution in [0.2, 0.25) is 0 Å². The van der Waals surface area contributed by atoms with Crippen LogP contribution in [0.4, 0.5) is 0 Å². The van der Waals surface area contributed by atoms with Crippen LogP contribution in [-0.2, 0) is 9.59 Å². The molecule has 2 aliphatic rings. The third kappa shape index (κ3) is 3.08. The van der Waals surface area contributed by atoms with Gasteiger partial charge in [-0.1, -0.05) is 6.92 Å². The minimum atomic E-state index is -0.120. The van der Waals surface area contributed by atoms with E-state index in [0.717, 1.165) is 32.6 Å². The summed E-state index contributed by atoms with van der Waals surface area (Å²) in [5, 5.41) is 0. The average Bonchev–Trinajstić information content (AvgIpc) is 2.80. The summed E-state index contributed by atoms with van der Waals surface area (Å²) in [6, 6.07) is 0.248. The SMILES string of the molecule is CCC(C)N1CC(C(=O)N2CCN(C)CC2)CC1=O. The van der Waals surface area contributed by atoms with Crippen molar-refractivity contribution in [3.63, 3.8) is 0 Å². The predicted molar refractivity (Wildman–Crippen MR) is 73.7 cm³/mol. The molecule has 19 heavy (non-hydrogen) atoms. The Bertz CT molecular complexity index is 351. The van der Waals surface area contributed by atoms with Crippen LogP contribution >= 0.6 is 0 Å². The number of amides is 2. The molecule has 0 N–H and O–H groups in total. The summed E-state index contributed by atoms with van der Waals surface area (Å²) in [6.07, 6.45) is 1.34. The first kappa shape index (κ1) is 14.3. The summed E-state index contributed by atoms with van der Waals surface area (Å²) in [4.78, 5) is 30.4. The van der Waals surface area contributed by atoms with Crippen molar-refractivity contribution in [2.24, 2.45) is 5.92 Å². The van der Waals surface area contributed by atoms with Crippen LogP contribution in [0, 0.1) is 5.92 Å². The molecule has 5 nitrogen and oxygen atoms in total. The maximum Gasteiger partial charge on any atom is 0.228 e. The quantitative estimate of drug-likeness (QED) is 0.744. The second-order valence-corrected chi connectivity index (χ2v) is 5.83. The molecule has 2 fully saturated rings. The molecule has 2 unspecified atom stereocenters. The van der Waals surface area contributed by atoms with Gasteiger partial charge in [0.15, 0.2) is 0 Å². The van der Waals surface area contributed by atoms with Crippen molar-refractivity contribution in [2.45, 2.75) is 32.7 Å². The van der Waals surface area contributed by atoms with Gasteiger partial charge in [-0.15, -0.1) is 0 Å². The van der Waals surface area contributed by atoms with Crippen LogP contribution in [-0.4, -0.2) is 72.3 Å². The molecule has 0 aromatic rings. The molecule has 0 saturated carbocycles. The van der Waals surface area contributed by atoms with Gasteiger partial charge >= 0.3 is 0 Å². The van der Waals surface area contributed by atoms with E-state index in [1.807, 2.05) is 9.80 Å². The second-order valence-electron chi connectivity index (χ2n) is 5.83. The van der Waals surface area contributed by atoms with E-state index in [4.69, 9.17) is 0 Å². The zero-order valence-electron chi connectivity index (χ0n) is 12.3. The van der Waals surface area contributed by atoms with E-state index in [1.54, 1.807) is 0 Å². The van der Waals surface area contributed by atoms with Gasteiger partial charge in [0.05, 0.1) is 5.92 Å². The number of rotatable bonds is 3. The Morgan fingerprint density at radius 2 is 1.95 bits per heavy atom. The van der Waals surface area contributed by atoms with Crippen LogP contribution in [0.15, 0.2) is 0 Å². The Morgan fingerprint density at radius 1 is 1.32 bits per heavy atom. The van der Waals surface area contributed by atoms with Gasteiger partial charge in [0, 0.05) is 45.2 Å². The highest BCUT2D eigenvalue weighted by Gasteiger charge is 2.38. The van der Waals surface area contributed by atoms with Gasteiger partial charge in [-0.05, 0) is 20.4 Å². The summed E-state index contributed by atoms with van der Waals surface area (Å²) in [7, 11) is 2.07. The van der Waals surface area contributed by atoms with E-state index in [0.29, 0.717) is 13.0 Å². The van der Waals surface area contributed by atoms with E-state index in [9.17, 15) is 9.59 Å². The molecular weight excluding hydrogens is 242 g/mol. The maximum atomic E-state index is 12.4. The van der Waals surface area contributed by atoms with Crippen molar-refractivity contribution in [3.8, 4) is 0 Å². The molecule has 5 heteroatoms. The highest BCUT2D eigenvalue weighted by atomic mass is 16.2. The minimum Gasteiger partial charge on any atom is -0.340 e. The largest absolute Gasteiger partial charge is 0.340 e. The first-order valence-corrected chi connectivity index (χ1v) is 7.29. The number of carbonyl (C=O) groups excluding carboxylic acids is 2. The van der Waals surface area contributed by atoms with Gasteiger partial charge < -0.3 is 14.7 Å². The normalized spacial score (nSPS) is 26.9. The maximum absolute atomic E-state index is 12.4. The Morgan fingerprint density at radius 3 is 2.53 bits per heavy atom. The monoisotopic (exact) mass is 267 g/mol. The standard InChI is InChI=1S/C14H25N3O2/c1-4-11(2)17-10-12(9-13(17)18)14(19)16-7-5-15(3)6-8-16/h11-12H,4-10H2,1-3H3. The molecule has 108 valence electrons. The summed E-state index contributed by atoms with van der Waals surface area (Å²) in [6.45, 7) is 8.20. The Kier molecular flexibility index (Phi) is 4.45. The van der Waals surface area contributed by atoms with Crippen molar-refractivity contribution in [3.05, 3.63) is 0 Å². The van der Waals surface area contributed by atoms with Gasteiger partial charge in [-0.2, -0.15) is 0 Å². The Labute approximate surface area is 115 Å². The van der Waals surface area contributed by atoms with Crippen LogP contribution in [0.3, 0.4) is 0 Å². The van der Waals surface area contributed by atoms with Crippen LogP contribution in [0.5, 0.6) is 0 Å². The van der Waals surface area contributed by atoms with Gasteiger partial charge in [0.25, 0.3) is 0 Å². The number of hydrogen-bond acceptors (Lipinski definition) is 3. The van der Waals surface area contributed by atoms with E-state index in [1.165, 1.54) is 0 Å². The fraction of sp³-hybridized carbons (Fsp3) is 0.857. The zero-order valence-corrected chi connectivity index (χ0v) is 12.3. The lowest BCUT2D eigenvalue weighted by atomic mass is 10.1. The molecular formula is C14H25N3O2. The summed E-state index contributed by atoms with van der Waals surface area (Å²) >= 11 is 0. The number of hydrogen-bond donors (Lipinski definition) is 0. The molecule has 2 atom stereocenters. The first-order chi connectivity index (χ1) is 9.02. The molecule has 2 amide bonds. The lowest BCUT2D eigenvalue weighted by Gasteiger charge is -2.34. The van der Waals surface area contributed by atoms with Crippen molar-refractivity contribution in [1.29, 1.82) is 0 Å². The van der Waals surface area contributed by atoms with Crippen molar-refractivity contribution >= 4 is 11.8 Å². The zero-order chi connectivity index (χ0) is 14.0. The first-order valence-electron chi connectivity index (χ1n) is 7.29. The second kappa shape index (κ2) is 5.90. The molecule has 0 aromatic carbocycles.